The van der Waals surface area contributed by atoms with Gasteiger partial charge in [-0.3, -0.25) is 0 Å². The Hall–Kier alpha value is -3.97. The molecule has 0 atom stereocenters. The van der Waals surface area contributed by atoms with Crippen LogP contribution in [0.2, 0.25) is 0 Å². The number of nitrogens with zero attached hydrogens (tertiary/aromatic N) is 3. The molecule has 0 unspecified atom stereocenters. The molecular weight excluding hydrogens is 422 g/mol. The average molecular weight is 442 g/mol. The Bertz CT molecular complexity index is 1480. The van der Waals surface area contributed by atoms with Crippen LogP contribution in [0.1, 0.15) is 4.88 Å². The van der Waals surface area contributed by atoms with Crippen LogP contribution < -0.4 is 20.0 Å². The van der Waals surface area contributed by atoms with E-state index in [2.05, 4.69) is 4.98 Å². The van der Waals surface area contributed by atoms with Gasteiger partial charge in [-0.05, 0) is 23.8 Å². The lowest BCUT2D eigenvalue weighted by atomic mass is 10.1. The minimum atomic E-state index is -0.325. The Morgan fingerprint density at radius 3 is 2.62 bits per heavy atom. The average Bonchev–Trinajstić information content (AvgIpc) is 3.31. The molecule has 32 heavy (non-hydrogen) atoms. The van der Waals surface area contributed by atoms with Gasteiger partial charge in [0.1, 0.15) is 22.9 Å². The summed E-state index contributed by atoms with van der Waals surface area (Å²) in [7, 11) is 1.63. The maximum absolute atomic E-state index is 13.5. The third-order valence-corrected chi connectivity index (χ3v) is 6.28. The first-order valence-electron chi connectivity index (χ1n) is 10.0. The molecule has 0 aliphatic heterocycles. The molecule has 0 aliphatic carbocycles. The van der Waals surface area contributed by atoms with Crippen LogP contribution in [0.25, 0.3) is 27.3 Å². The Kier molecular flexibility index (Phi) is 5.17. The van der Waals surface area contributed by atoms with Gasteiger partial charge in [-0.1, -0.05) is 48.5 Å². The van der Waals surface area contributed by atoms with Gasteiger partial charge in [0.05, 0.1) is 24.1 Å². The fraction of sp³-hybridized carbons (Fsp3) is 0.0800. The van der Waals surface area contributed by atoms with Gasteiger partial charge in [-0.2, -0.15) is 4.40 Å². The first kappa shape index (κ1) is 20.0. The van der Waals surface area contributed by atoms with Crippen LogP contribution in [-0.4, -0.2) is 16.5 Å². The molecule has 6 nitrogen and oxygen atoms in total. The van der Waals surface area contributed by atoms with E-state index in [1.54, 1.807) is 48.3 Å². The fourth-order valence-corrected chi connectivity index (χ4v) is 4.60. The van der Waals surface area contributed by atoms with Gasteiger partial charge < -0.3 is 9.84 Å². The largest absolute Gasteiger partial charge is 0.842 e. The molecule has 3 heterocycles. The van der Waals surface area contributed by atoms with Gasteiger partial charge >= 0.3 is 5.56 Å². The third-order valence-electron chi connectivity index (χ3n) is 5.25. The zero-order valence-electron chi connectivity index (χ0n) is 17.3. The van der Waals surface area contributed by atoms with Crippen molar-refractivity contribution in [1.29, 1.82) is 0 Å². The van der Waals surface area contributed by atoms with Gasteiger partial charge in [0.2, 0.25) is 0 Å². The van der Waals surface area contributed by atoms with Crippen molar-refractivity contribution < 1.29 is 14.4 Å². The van der Waals surface area contributed by atoms with Crippen molar-refractivity contribution >= 4 is 17.0 Å². The van der Waals surface area contributed by atoms with E-state index >= 15 is 0 Å². The van der Waals surface area contributed by atoms with Gasteiger partial charge in [0.25, 0.3) is 5.65 Å². The molecular formula is C25H19N3O3S. The highest BCUT2D eigenvalue weighted by atomic mass is 32.1. The molecule has 0 saturated carbocycles. The molecule has 0 N–H and O–H groups in total. The molecule has 2 aromatic carbocycles. The third kappa shape index (κ3) is 3.52. The number of aromatic nitrogens is 3. The van der Waals surface area contributed by atoms with E-state index in [4.69, 9.17) is 4.74 Å². The summed E-state index contributed by atoms with van der Waals surface area (Å²) < 4.78 is 8.46. The molecule has 0 radical (unpaired) electrons. The van der Waals surface area contributed by atoms with Crippen LogP contribution in [-0.2, 0) is 6.54 Å². The van der Waals surface area contributed by atoms with Crippen LogP contribution >= 0.6 is 11.3 Å². The maximum atomic E-state index is 13.5. The van der Waals surface area contributed by atoms with Crippen molar-refractivity contribution in [2.75, 3.05) is 7.11 Å². The van der Waals surface area contributed by atoms with Crippen LogP contribution in [0.3, 0.4) is 0 Å². The van der Waals surface area contributed by atoms with Gasteiger partial charge in [-0.15, -0.1) is 11.3 Å². The summed E-state index contributed by atoms with van der Waals surface area (Å²) >= 11 is 1.51. The summed E-state index contributed by atoms with van der Waals surface area (Å²) in [6.45, 7) is 0.314. The van der Waals surface area contributed by atoms with E-state index < -0.39 is 0 Å². The minimum absolute atomic E-state index is 0.159. The Morgan fingerprint density at radius 2 is 1.81 bits per heavy atom. The number of methoxy groups -OCH3 is 1. The molecule has 5 aromatic rings. The maximum Gasteiger partial charge on any atom is 0.349 e. The molecule has 158 valence electrons. The van der Waals surface area contributed by atoms with E-state index in [0.717, 1.165) is 21.2 Å². The molecule has 7 heteroatoms. The summed E-state index contributed by atoms with van der Waals surface area (Å²) in [4.78, 5) is 18.6. The lowest BCUT2D eigenvalue weighted by Crippen LogP contribution is -2.44. The van der Waals surface area contributed by atoms with Crippen molar-refractivity contribution in [2.45, 2.75) is 6.54 Å². The van der Waals surface area contributed by atoms with E-state index in [1.807, 2.05) is 48.5 Å². The second-order valence-corrected chi connectivity index (χ2v) is 8.35. The van der Waals surface area contributed by atoms with E-state index in [-0.39, 0.29) is 17.0 Å². The van der Waals surface area contributed by atoms with Crippen molar-refractivity contribution in [2.24, 2.45) is 0 Å². The molecule has 0 saturated heterocycles. The van der Waals surface area contributed by atoms with E-state index in [9.17, 15) is 9.90 Å². The molecule has 0 fully saturated rings. The van der Waals surface area contributed by atoms with Crippen LogP contribution in [0.4, 0.5) is 0 Å². The molecule has 3 aromatic heterocycles. The SMILES string of the molecule is COc1cccc(-c2ncc(C[n+]3c([O-])c(-c4ccccc4)c(=O)n4ccccc43)s2)c1. The quantitative estimate of drug-likeness (QED) is 0.392. The zero-order chi connectivity index (χ0) is 22.1. The summed E-state index contributed by atoms with van der Waals surface area (Å²) in [5.41, 5.74) is 1.93. The Balaban J connectivity index is 1.62. The predicted octanol–water partition coefficient (Wildman–Crippen LogP) is 3.51. The minimum Gasteiger partial charge on any atom is -0.842 e. The van der Waals surface area contributed by atoms with Crippen molar-refractivity contribution in [3.63, 3.8) is 0 Å². The molecule has 5 rings (SSSR count). The number of hydrogen-bond acceptors (Lipinski definition) is 5. The highest BCUT2D eigenvalue weighted by molar-refractivity contribution is 7.15. The molecule has 0 amide bonds. The monoisotopic (exact) mass is 441 g/mol. The second-order valence-electron chi connectivity index (χ2n) is 7.23. The van der Waals surface area contributed by atoms with E-state index in [1.165, 1.54) is 15.7 Å². The van der Waals surface area contributed by atoms with Gasteiger partial charge in [0, 0.05) is 17.8 Å². The summed E-state index contributed by atoms with van der Waals surface area (Å²) in [6, 6.07) is 22.2. The van der Waals surface area contributed by atoms with Gasteiger partial charge in [0.15, 0.2) is 0 Å². The second kappa shape index (κ2) is 8.28. The Morgan fingerprint density at radius 1 is 1.03 bits per heavy atom. The van der Waals surface area contributed by atoms with Crippen molar-refractivity contribution in [3.8, 4) is 33.3 Å². The number of thiazole rings is 1. The lowest BCUT2D eigenvalue weighted by Gasteiger charge is -2.16. The topological polar surface area (TPSA) is 70.5 Å². The number of ether oxygens (including phenoxy) is 1. The van der Waals surface area contributed by atoms with Crippen LogP contribution in [0, 0.1) is 0 Å². The first-order valence-corrected chi connectivity index (χ1v) is 10.9. The number of benzene rings is 2. The summed E-state index contributed by atoms with van der Waals surface area (Å²) in [5, 5.41) is 14.3. The number of fused-ring (bicyclic) bond motifs is 1. The highest BCUT2D eigenvalue weighted by Gasteiger charge is 2.20. The van der Waals surface area contributed by atoms with E-state index in [0.29, 0.717) is 17.8 Å². The van der Waals surface area contributed by atoms with Crippen molar-refractivity contribution in [1.82, 2.24) is 9.38 Å². The zero-order valence-corrected chi connectivity index (χ0v) is 18.1. The molecule has 0 spiro atoms. The number of rotatable bonds is 5. The predicted molar refractivity (Wildman–Crippen MR) is 122 cm³/mol. The summed E-state index contributed by atoms with van der Waals surface area (Å²) in [5.74, 6) is 0.445. The number of pyridine rings is 1. The standard InChI is InChI=1S/C25H19N3O3S/c1-31-19-11-7-10-18(14-19)23-26-15-20(32-23)16-28-21-12-5-6-13-27(21)24(29)22(25(28)30)17-8-3-2-4-9-17/h2-15H,16H2,1H3. The normalized spacial score (nSPS) is 11.0. The van der Waals surface area contributed by atoms with Crippen molar-refractivity contribution in [3.05, 3.63) is 100 Å². The van der Waals surface area contributed by atoms with Gasteiger partial charge in [-0.25, -0.2) is 14.3 Å². The number of hydrogen-bond donors (Lipinski definition) is 0. The van der Waals surface area contributed by atoms with Crippen LogP contribution in [0.5, 0.6) is 11.6 Å². The molecule has 0 aliphatic rings. The van der Waals surface area contributed by atoms with Crippen LogP contribution in [0.15, 0.2) is 90.0 Å². The highest BCUT2D eigenvalue weighted by Crippen LogP contribution is 2.28. The lowest BCUT2D eigenvalue weighted by molar-refractivity contribution is -0.707. The first-order chi connectivity index (χ1) is 15.7. The summed E-state index contributed by atoms with van der Waals surface area (Å²) in [6.07, 6.45) is 3.47. The Labute approximate surface area is 188 Å². The smallest absolute Gasteiger partial charge is 0.349 e. The fourth-order valence-electron chi connectivity index (χ4n) is 3.71. The molecule has 0 bridgehead atoms.